The van der Waals surface area contributed by atoms with Gasteiger partial charge in [-0.05, 0) is 18.2 Å². The van der Waals surface area contributed by atoms with E-state index in [4.69, 9.17) is 12.6 Å². The molecule has 0 aromatic heterocycles. The molecule has 2 radical (unpaired) electrons. The first-order chi connectivity index (χ1) is 8.69. The van der Waals surface area contributed by atoms with Gasteiger partial charge in [0, 0.05) is 17.3 Å². The Labute approximate surface area is 107 Å². The van der Waals surface area contributed by atoms with Crippen molar-refractivity contribution in [3.05, 3.63) is 54.1 Å². The van der Waals surface area contributed by atoms with Crippen LogP contribution in [0.3, 0.4) is 0 Å². The van der Waals surface area contributed by atoms with E-state index in [9.17, 15) is 4.79 Å². The Morgan fingerprint density at radius 3 is 2.67 bits per heavy atom. The first kappa shape index (κ1) is 12.2. The van der Waals surface area contributed by atoms with Crippen LogP contribution in [0.15, 0.2) is 48.5 Å². The number of methoxy groups -OCH3 is 1. The molecule has 18 heavy (non-hydrogen) atoms. The minimum atomic E-state index is -0.199. The highest BCUT2D eigenvalue weighted by atomic mass is 16.5. The average molecular weight is 237 g/mol. The van der Waals surface area contributed by atoms with Crippen molar-refractivity contribution >= 4 is 24.9 Å². The van der Waals surface area contributed by atoms with Gasteiger partial charge in [0.25, 0.3) is 5.91 Å². The summed E-state index contributed by atoms with van der Waals surface area (Å²) in [7, 11) is 7.22. The Morgan fingerprint density at radius 2 is 1.94 bits per heavy atom. The fourth-order valence-electron chi connectivity index (χ4n) is 1.58. The predicted molar refractivity (Wildman–Crippen MR) is 72.8 cm³/mol. The molecule has 0 spiro atoms. The minimum absolute atomic E-state index is 0.199. The summed E-state index contributed by atoms with van der Waals surface area (Å²) in [4.78, 5) is 12.0. The van der Waals surface area contributed by atoms with Crippen molar-refractivity contribution in [1.29, 1.82) is 0 Å². The first-order valence-corrected chi connectivity index (χ1v) is 5.50. The molecule has 0 bridgehead atoms. The summed E-state index contributed by atoms with van der Waals surface area (Å²) < 4.78 is 5.09. The lowest BCUT2D eigenvalue weighted by Gasteiger charge is -2.07. The topological polar surface area (TPSA) is 38.3 Å². The van der Waals surface area contributed by atoms with Crippen molar-refractivity contribution in [3.63, 3.8) is 0 Å². The van der Waals surface area contributed by atoms with E-state index in [0.717, 1.165) is 0 Å². The standard InChI is InChI=1S/C14H12BNO2/c1-18-13-7-3-6-12(9-13)16-14(17)10-4-2-5-11(15)8-10/h2-9H,1H3,(H,16,17). The van der Waals surface area contributed by atoms with Gasteiger partial charge in [-0.25, -0.2) is 0 Å². The number of amides is 1. The summed E-state index contributed by atoms with van der Waals surface area (Å²) in [6, 6.07) is 14.0. The van der Waals surface area contributed by atoms with E-state index in [2.05, 4.69) is 5.32 Å². The third-order valence-corrected chi connectivity index (χ3v) is 2.48. The van der Waals surface area contributed by atoms with Crippen LogP contribution in [0.5, 0.6) is 5.75 Å². The van der Waals surface area contributed by atoms with Crippen molar-refractivity contribution < 1.29 is 9.53 Å². The molecule has 0 fully saturated rings. The molecule has 4 heteroatoms. The zero-order chi connectivity index (χ0) is 13.0. The SMILES string of the molecule is [B]c1cccc(C(=O)Nc2cccc(OC)c2)c1. The molecule has 0 saturated heterocycles. The number of carbonyl (C=O) groups is 1. The summed E-state index contributed by atoms with van der Waals surface area (Å²) in [5, 5.41) is 2.79. The van der Waals surface area contributed by atoms with Crippen molar-refractivity contribution in [2.24, 2.45) is 0 Å². The van der Waals surface area contributed by atoms with Gasteiger partial charge in [0.1, 0.15) is 13.6 Å². The van der Waals surface area contributed by atoms with E-state index in [-0.39, 0.29) is 5.91 Å². The monoisotopic (exact) mass is 237 g/mol. The molecule has 0 unspecified atom stereocenters. The van der Waals surface area contributed by atoms with E-state index in [1.807, 2.05) is 12.1 Å². The normalized spacial score (nSPS) is 9.83. The Bertz CT molecular complexity index is 569. The third-order valence-electron chi connectivity index (χ3n) is 2.48. The fraction of sp³-hybridized carbons (Fsp3) is 0.0714. The quantitative estimate of drug-likeness (QED) is 0.825. The lowest BCUT2D eigenvalue weighted by Crippen LogP contribution is -2.14. The molecular weight excluding hydrogens is 225 g/mol. The van der Waals surface area contributed by atoms with Crippen molar-refractivity contribution in [2.75, 3.05) is 12.4 Å². The van der Waals surface area contributed by atoms with Crippen LogP contribution >= 0.6 is 0 Å². The van der Waals surface area contributed by atoms with E-state index in [1.165, 1.54) is 0 Å². The van der Waals surface area contributed by atoms with Gasteiger partial charge in [-0.1, -0.05) is 29.7 Å². The molecule has 1 amide bonds. The van der Waals surface area contributed by atoms with E-state index in [1.54, 1.807) is 43.5 Å². The van der Waals surface area contributed by atoms with E-state index >= 15 is 0 Å². The zero-order valence-corrected chi connectivity index (χ0v) is 10.0. The molecule has 0 aliphatic heterocycles. The first-order valence-electron chi connectivity index (χ1n) is 5.50. The predicted octanol–water partition coefficient (Wildman–Crippen LogP) is 1.74. The molecule has 2 aromatic rings. The molecule has 0 aliphatic carbocycles. The van der Waals surface area contributed by atoms with Gasteiger partial charge < -0.3 is 10.1 Å². The number of carbonyl (C=O) groups excluding carboxylic acids is 1. The Kier molecular flexibility index (Phi) is 3.67. The third kappa shape index (κ3) is 2.91. The lowest BCUT2D eigenvalue weighted by atomic mass is 9.94. The summed E-state index contributed by atoms with van der Waals surface area (Å²) in [5.41, 5.74) is 1.77. The van der Waals surface area contributed by atoms with Crippen molar-refractivity contribution in [2.45, 2.75) is 0 Å². The second-order valence-corrected chi connectivity index (χ2v) is 3.81. The molecular formula is C14H12BNO2. The maximum absolute atomic E-state index is 12.0. The number of anilines is 1. The summed E-state index contributed by atoms with van der Waals surface area (Å²) >= 11 is 0. The minimum Gasteiger partial charge on any atom is -0.497 e. The molecule has 0 atom stereocenters. The molecule has 3 nitrogen and oxygen atoms in total. The van der Waals surface area contributed by atoms with Gasteiger partial charge in [0.05, 0.1) is 7.11 Å². The zero-order valence-electron chi connectivity index (χ0n) is 10.0. The van der Waals surface area contributed by atoms with Gasteiger partial charge in [-0.3, -0.25) is 4.79 Å². The molecule has 1 N–H and O–H groups in total. The van der Waals surface area contributed by atoms with Crippen LogP contribution in [-0.2, 0) is 0 Å². The number of hydrogen-bond acceptors (Lipinski definition) is 2. The number of ether oxygens (including phenoxy) is 1. The summed E-state index contributed by atoms with van der Waals surface area (Å²) in [5.74, 6) is 0.496. The van der Waals surface area contributed by atoms with Gasteiger partial charge in [0.15, 0.2) is 0 Å². The van der Waals surface area contributed by atoms with Gasteiger partial charge in [-0.15, -0.1) is 0 Å². The second kappa shape index (κ2) is 5.40. The largest absolute Gasteiger partial charge is 0.497 e. The molecule has 0 heterocycles. The lowest BCUT2D eigenvalue weighted by molar-refractivity contribution is 0.102. The molecule has 88 valence electrons. The molecule has 0 aliphatic rings. The maximum Gasteiger partial charge on any atom is 0.255 e. The van der Waals surface area contributed by atoms with Crippen LogP contribution in [0.4, 0.5) is 5.69 Å². The molecule has 2 aromatic carbocycles. The fourth-order valence-corrected chi connectivity index (χ4v) is 1.58. The maximum atomic E-state index is 12.0. The Balaban J connectivity index is 2.16. The number of hydrogen-bond donors (Lipinski definition) is 1. The van der Waals surface area contributed by atoms with Gasteiger partial charge >= 0.3 is 0 Å². The van der Waals surface area contributed by atoms with Crippen molar-refractivity contribution in [3.8, 4) is 5.75 Å². The van der Waals surface area contributed by atoms with Crippen molar-refractivity contribution in [1.82, 2.24) is 0 Å². The number of benzene rings is 2. The smallest absolute Gasteiger partial charge is 0.255 e. The van der Waals surface area contributed by atoms with Gasteiger partial charge in [0.2, 0.25) is 0 Å². The van der Waals surface area contributed by atoms with E-state index < -0.39 is 0 Å². The number of nitrogens with one attached hydrogen (secondary N) is 1. The molecule has 0 saturated carbocycles. The molecule has 2 rings (SSSR count). The van der Waals surface area contributed by atoms with Crippen LogP contribution in [-0.4, -0.2) is 20.9 Å². The Hall–Kier alpha value is -2.23. The van der Waals surface area contributed by atoms with Crippen LogP contribution in [0.1, 0.15) is 10.4 Å². The Morgan fingerprint density at radius 1 is 1.17 bits per heavy atom. The number of rotatable bonds is 3. The van der Waals surface area contributed by atoms with Gasteiger partial charge in [-0.2, -0.15) is 0 Å². The summed E-state index contributed by atoms with van der Waals surface area (Å²) in [6.07, 6.45) is 0. The van der Waals surface area contributed by atoms with Crippen LogP contribution in [0.2, 0.25) is 0 Å². The van der Waals surface area contributed by atoms with Crippen LogP contribution in [0.25, 0.3) is 0 Å². The summed E-state index contributed by atoms with van der Waals surface area (Å²) in [6.45, 7) is 0. The average Bonchev–Trinajstić information content (AvgIpc) is 2.39. The van der Waals surface area contributed by atoms with Crippen LogP contribution < -0.4 is 15.5 Å². The highest BCUT2D eigenvalue weighted by Crippen LogP contribution is 2.17. The highest BCUT2D eigenvalue weighted by Gasteiger charge is 2.06. The van der Waals surface area contributed by atoms with Crippen LogP contribution in [0, 0.1) is 0 Å². The highest BCUT2D eigenvalue weighted by molar-refractivity contribution is 6.32. The van der Waals surface area contributed by atoms with E-state index in [0.29, 0.717) is 22.5 Å². The second-order valence-electron chi connectivity index (χ2n) is 3.81.